The number of ketones is 1. The van der Waals surface area contributed by atoms with Crippen molar-refractivity contribution in [3.05, 3.63) is 102 Å². The second-order valence-corrected chi connectivity index (χ2v) is 6.02. The summed E-state index contributed by atoms with van der Waals surface area (Å²) in [6, 6.07) is 25.2. The van der Waals surface area contributed by atoms with Crippen LogP contribution >= 0.6 is 0 Å². The maximum absolute atomic E-state index is 13.1. The molecule has 0 aliphatic carbocycles. The minimum Gasteiger partial charge on any atom is -0.462 e. The number of ether oxygens (including phenoxy) is 1. The van der Waals surface area contributed by atoms with E-state index in [4.69, 9.17) is 4.74 Å². The first-order chi connectivity index (χ1) is 13.2. The fraction of sp³-hybridized carbons (Fsp3) is 0.130. The molecule has 4 nitrogen and oxygen atoms in total. The maximum atomic E-state index is 13.1. The zero-order valence-electron chi connectivity index (χ0n) is 15.1. The van der Waals surface area contributed by atoms with E-state index in [1.807, 2.05) is 60.7 Å². The third-order valence-corrected chi connectivity index (χ3v) is 4.16. The van der Waals surface area contributed by atoms with E-state index in [2.05, 4.69) is 5.32 Å². The third kappa shape index (κ3) is 4.61. The average Bonchev–Trinajstić information content (AvgIpc) is 2.73. The fourth-order valence-electron chi connectivity index (χ4n) is 2.80. The molecule has 0 bridgehead atoms. The lowest BCUT2D eigenvalue weighted by molar-refractivity contribution is 0.0526. The van der Waals surface area contributed by atoms with Gasteiger partial charge < -0.3 is 10.1 Å². The SMILES string of the molecule is CCOC(=O)c1ccc(N[C@@H](C(=O)c2ccccc2)c2ccccc2)cc1. The summed E-state index contributed by atoms with van der Waals surface area (Å²) in [5.41, 5.74) is 2.75. The molecule has 0 unspecified atom stereocenters. The van der Waals surface area contributed by atoms with Crippen molar-refractivity contribution in [2.75, 3.05) is 11.9 Å². The summed E-state index contributed by atoms with van der Waals surface area (Å²) in [5.74, 6) is -0.375. The Balaban J connectivity index is 1.86. The monoisotopic (exact) mass is 359 g/mol. The van der Waals surface area contributed by atoms with Gasteiger partial charge >= 0.3 is 5.97 Å². The Hall–Kier alpha value is -3.40. The molecule has 0 saturated heterocycles. The average molecular weight is 359 g/mol. The second kappa shape index (κ2) is 8.81. The van der Waals surface area contributed by atoms with Gasteiger partial charge in [0.05, 0.1) is 12.2 Å². The van der Waals surface area contributed by atoms with E-state index >= 15 is 0 Å². The Kier molecular flexibility index (Phi) is 6.00. The molecule has 0 amide bonds. The van der Waals surface area contributed by atoms with Crippen LogP contribution < -0.4 is 5.32 Å². The topological polar surface area (TPSA) is 55.4 Å². The highest BCUT2D eigenvalue weighted by Crippen LogP contribution is 2.24. The van der Waals surface area contributed by atoms with Crippen molar-refractivity contribution in [2.45, 2.75) is 13.0 Å². The molecule has 0 radical (unpaired) electrons. The van der Waals surface area contributed by atoms with Crippen LogP contribution in [0.4, 0.5) is 5.69 Å². The summed E-state index contributed by atoms with van der Waals surface area (Å²) >= 11 is 0. The van der Waals surface area contributed by atoms with Crippen molar-refractivity contribution in [3.63, 3.8) is 0 Å². The van der Waals surface area contributed by atoms with Crippen molar-refractivity contribution in [2.24, 2.45) is 0 Å². The molecule has 3 rings (SSSR count). The number of Topliss-reactive ketones (excluding diaryl/α,β-unsaturated/α-hetero) is 1. The van der Waals surface area contributed by atoms with Crippen LogP contribution in [0.5, 0.6) is 0 Å². The molecular weight excluding hydrogens is 338 g/mol. The highest BCUT2D eigenvalue weighted by molar-refractivity contribution is 6.02. The summed E-state index contributed by atoms with van der Waals surface area (Å²) < 4.78 is 5.00. The Morgan fingerprint density at radius 2 is 1.41 bits per heavy atom. The van der Waals surface area contributed by atoms with Gasteiger partial charge in [-0.25, -0.2) is 4.79 Å². The molecule has 4 heteroatoms. The van der Waals surface area contributed by atoms with Crippen molar-refractivity contribution >= 4 is 17.4 Å². The maximum Gasteiger partial charge on any atom is 0.338 e. The lowest BCUT2D eigenvalue weighted by Gasteiger charge is -2.19. The predicted octanol–water partition coefficient (Wildman–Crippen LogP) is 4.90. The molecule has 0 saturated carbocycles. The Morgan fingerprint density at radius 1 is 0.815 bits per heavy atom. The van der Waals surface area contributed by atoms with Crippen LogP contribution in [0.1, 0.15) is 39.2 Å². The van der Waals surface area contributed by atoms with E-state index in [1.54, 1.807) is 31.2 Å². The molecule has 0 heterocycles. The highest BCUT2D eigenvalue weighted by Gasteiger charge is 2.22. The first kappa shape index (κ1) is 18.4. The van der Waals surface area contributed by atoms with Crippen molar-refractivity contribution in [1.29, 1.82) is 0 Å². The van der Waals surface area contributed by atoms with Gasteiger partial charge in [0, 0.05) is 11.3 Å². The smallest absolute Gasteiger partial charge is 0.338 e. The molecule has 0 aromatic heterocycles. The van der Waals surface area contributed by atoms with Crippen molar-refractivity contribution in [3.8, 4) is 0 Å². The number of esters is 1. The van der Waals surface area contributed by atoms with E-state index in [0.29, 0.717) is 17.7 Å². The van der Waals surface area contributed by atoms with Crippen LogP contribution in [0.15, 0.2) is 84.9 Å². The second-order valence-electron chi connectivity index (χ2n) is 6.02. The molecule has 3 aromatic carbocycles. The summed E-state index contributed by atoms with van der Waals surface area (Å²) in [5, 5.41) is 3.29. The van der Waals surface area contributed by atoms with Crippen LogP contribution in [0.25, 0.3) is 0 Å². The van der Waals surface area contributed by atoms with Gasteiger partial charge in [0.25, 0.3) is 0 Å². The first-order valence-corrected chi connectivity index (χ1v) is 8.87. The van der Waals surface area contributed by atoms with E-state index < -0.39 is 6.04 Å². The molecule has 0 fully saturated rings. The molecule has 0 spiro atoms. The number of carbonyl (C=O) groups excluding carboxylic acids is 2. The normalized spacial score (nSPS) is 11.4. The molecule has 1 N–H and O–H groups in total. The summed E-state index contributed by atoms with van der Waals surface area (Å²) in [7, 11) is 0. The number of anilines is 1. The first-order valence-electron chi connectivity index (χ1n) is 8.87. The molecule has 3 aromatic rings. The Morgan fingerprint density at radius 3 is 2.00 bits per heavy atom. The zero-order chi connectivity index (χ0) is 19.1. The van der Waals surface area contributed by atoms with Crippen LogP contribution in [-0.2, 0) is 4.74 Å². The van der Waals surface area contributed by atoms with Gasteiger partial charge in [-0.3, -0.25) is 4.79 Å². The largest absolute Gasteiger partial charge is 0.462 e. The Bertz CT molecular complexity index is 890. The van der Waals surface area contributed by atoms with Crippen LogP contribution in [0, 0.1) is 0 Å². The standard InChI is InChI=1S/C23H21NO3/c1-2-27-23(26)19-13-15-20(16-14-19)24-21(17-9-5-3-6-10-17)22(25)18-11-7-4-8-12-18/h3-16,21,24H,2H2,1H3/t21-/m1/s1. The van der Waals surface area contributed by atoms with E-state index in [-0.39, 0.29) is 11.8 Å². The van der Waals surface area contributed by atoms with Crippen molar-refractivity contribution in [1.82, 2.24) is 0 Å². The van der Waals surface area contributed by atoms with Gasteiger partial charge in [-0.2, -0.15) is 0 Å². The Labute approximate surface area is 158 Å². The lowest BCUT2D eigenvalue weighted by Crippen LogP contribution is -2.21. The van der Waals surface area contributed by atoms with Gasteiger partial charge in [-0.05, 0) is 36.8 Å². The van der Waals surface area contributed by atoms with Crippen molar-refractivity contribution < 1.29 is 14.3 Å². The minimum atomic E-state index is -0.526. The molecule has 27 heavy (non-hydrogen) atoms. The van der Waals surface area contributed by atoms with E-state index in [1.165, 1.54) is 0 Å². The fourth-order valence-corrected chi connectivity index (χ4v) is 2.80. The highest BCUT2D eigenvalue weighted by atomic mass is 16.5. The van der Waals surface area contributed by atoms with Crippen LogP contribution in [0.3, 0.4) is 0 Å². The number of benzene rings is 3. The number of rotatable bonds is 7. The van der Waals surface area contributed by atoms with Crippen LogP contribution in [-0.4, -0.2) is 18.4 Å². The summed E-state index contributed by atoms with van der Waals surface area (Å²) in [6.45, 7) is 2.11. The molecular formula is C23H21NO3. The van der Waals surface area contributed by atoms with Gasteiger partial charge in [0.2, 0.25) is 0 Å². The number of hydrogen-bond donors (Lipinski definition) is 1. The van der Waals surface area contributed by atoms with E-state index in [9.17, 15) is 9.59 Å². The minimum absolute atomic E-state index is 0.0173. The number of nitrogens with one attached hydrogen (secondary N) is 1. The third-order valence-electron chi connectivity index (χ3n) is 4.16. The lowest BCUT2D eigenvalue weighted by atomic mass is 9.97. The molecule has 136 valence electrons. The molecule has 0 aliphatic rings. The zero-order valence-corrected chi connectivity index (χ0v) is 15.1. The number of hydrogen-bond acceptors (Lipinski definition) is 4. The number of carbonyl (C=O) groups is 2. The summed E-state index contributed by atoms with van der Waals surface area (Å²) in [4.78, 5) is 24.9. The van der Waals surface area contributed by atoms with Gasteiger partial charge in [-0.1, -0.05) is 60.7 Å². The quantitative estimate of drug-likeness (QED) is 0.481. The van der Waals surface area contributed by atoms with Gasteiger partial charge in [-0.15, -0.1) is 0 Å². The van der Waals surface area contributed by atoms with Gasteiger partial charge in [0.1, 0.15) is 6.04 Å². The van der Waals surface area contributed by atoms with Crippen LogP contribution in [0.2, 0.25) is 0 Å². The van der Waals surface area contributed by atoms with Gasteiger partial charge in [0.15, 0.2) is 5.78 Å². The predicted molar refractivity (Wildman–Crippen MR) is 106 cm³/mol. The molecule has 0 aliphatic heterocycles. The van der Waals surface area contributed by atoms with E-state index in [0.717, 1.165) is 11.3 Å². The summed E-state index contributed by atoms with van der Waals surface area (Å²) in [6.07, 6.45) is 0. The molecule has 1 atom stereocenters.